The van der Waals surface area contributed by atoms with Gasteiger partial charge in [-0.25, -0.2) is 0 Å². The van der Waals surface area contributed by atoms with Gasteiger partial charge in [0.1, 0.15) is 6.54 Å². The van der Waals surface area contributed by atoms with E-state index in [0.717, 1.165) is 17.7 Å². The van der Waals surface area contributed by atoms with Crippen LogP contribution in [0, 0.1) is 34.5 Å². The monoisotopic (exact) mass is 316 g/mol. The van der Waals surface area contributed by atoms with Crippen LogP contribution >= 0.6 is 0 Å². The van der Waals surface area contributed by atoms with E-state index in [9.17, 15) is 14.4 Å². The normalized spacial score (nSPS) is 23.1. The molecule has 2 fully saturated rings. The molecule has 7 nitrogen and oxygen atoms in total. The molecule has 0 aromatic heterocycles. The number of nitrogens with zero attached hydrogens (tertiary/aromatic N) is 4. The fourth-order valence-electron chi connectivity index (χ4n) is 3.35. The Morgan fingerprint density at radius 3 is 1.96 bits per heavy atom. The molecule has 0 N–H and O–H groups in total. The maximum absolute atomic E-state index is 12.4. The third kappa shape index (κ3) is 3.68. The van der Waals surface area contributed by atoms with Crippen LogP contribution < -0.4 is 0 Å². The second-order valence-electron chi connectivity index (χ2n) is 5.96. The van der Waals surface area contributed by atoms with Gasteiger partial charge in [0.15, 0.2) is 0 Å². The highest BCUT2D eigenvalue weighted by Crippen LogP contribution is 2.37. The highest BCUT2D eigenvalue weighted by atomic mass is 16.2. The van der Waals surface area contributed by atoms with Crippen molar-refractivity contribution >= 4 is 17.7 Å². The topological polar surface area (TPSA) is 105 Å². The summed E-state index contributed by atoms with van der Waals surface area (Å²) < 4.78 is 0. The zero-order chi connectivity index (χ0) is 16.8. The molecule has 0 spiro atoms. The minimum absolute atomic E-state index is 0.157. The van der Waals surface area contributed by atoms with Crippen molar-refractivity contribution in [2.75, 3.05) is 19.6 Å². The van der Waals surface area contributed by atoms with Crippen LogP contribution in [0.15, 0.2) is 0 Å². The molecule has 7 heteroatoms. The van der Waals surface area contributed by atoms with Gasteiger partial charge in [-0.2, -0.15) is 10.5 Å². The van der Waals surface area contributed by atoms with Crippen molar-refractivity contribution in [3.8, 4) is 12.1 Å². The van der Waals surface area contributed by atoms with Crippen LogP contribution in [0.3, 0.4) is 0 Å². The smallest absolute Gasteiger partial charge is 0.242 e. The summed E-state index contributed by atoms with van der Waals surface area (Å²) in [7, 11) is 0. The Morgan fingerprint density at radius 1 is 1.04 bits per heavy atom. The molecule has 1 aliphatic heterocycles. The van der Waals surface area contributed by atoms with Gasteiger partial charge >= 0.3 is 0 Å². The van der Waals surface area contributed by atoms with Crippen molar-refractivity contribution in [1.29, 1.82) is 10.5 Å². The summed E-state index contributed by atoms with van der Waals surface area (Å²) in [6.07, 6.45) is 3.63. The summed E-state index contributed by atoms with van der Waals surface area (Å²) in [6, 6.07) is 3.91. The molecule has 2 aliphatic rings. The molecule has 1 aliphatic carbocycles. The van der Waals surface area contributed by atoms with Crippen molar-refractivity contribution in [3.63, 3.8) is 0 Å². The standard InChI is InChI=1S/C16H20N4O3/c17-7-3-9-19(10-4-8-18)14(21)11-20-15(22)12-5-1-2-6-13(12)16(20)23/h12-13H,1-6,9-11H2. The Labute approximate surface area is 135 Å². The molecule has 2 atom stereocenters. The average Bonchev–Trinajstić information content (AvgIpc) is 2.80. The van der Waals surface area contributed by atoms with E-state index in [1.807, 2.05) is 12.1 Å². The molecule has 1 saturated carbocycles. The quantitative estimate of drug-likeness (QED) is 0.674. The lowest BCUT2D eigenvalue weighted by Crippen LogP contribution is -2.43. The molecule has 2 unspecified atom stereocenters. The number of fused-ring (bicyclic) bond motifs is 1. The minimum atomic E-state index is -0.379. The third-order valence-corrected chi connectivity index (χ3v) is 4.57. The van der Waals surface area contributed by atoms with E-state index >= 15 is 0 Å². The fourth-order valence-corrected chi connectivity index (χ4v) is 3.35. The van der Waals surface area contributed by atoms with Crippen molar-refractivity contribution in [2.24, 2.45) is 11.8 Å². The number of hydrogen-bond acceptors (Lipinski definition) is 5. The molecular formula is C16H20N4O3. The van der Waals surface area contributed by atoms with Crippen LogP contribution in [0.5, 0.6) is 0 Å². The lowest BCUT2D eigenvalue weighted by atomic mass is 9.81. The van der Waals surface area contributed by atoms with Crippen molar-refractivity contribution in [1.82, 2.24) is 9.80 Å². The number of carbonyl (C=O) groups is 3. The Hall–Kier alpha value is -2.41. The van der Waals surface area contributed by atoms with Crippen LogP contribution in [0.4, 0.5) is 0 Å². The molecule has 23 heavy (non-hydrogen) atoms. The molecule has 3 amide bonds. The number of amides is 3. The Bertz CT molecular complexity index is 533. The fraction of sp³-hybridized carbons (Fsp3) is 0.688. The summed E-state index contributed by atoms with van der Waals surface area (Å²) >= 11 is 0. The van der Waals surface area contributed by atoms with E-state index in [0.29, 0.717) is 12.8 Å². The maximum Gasteiger partial charge on any atom is 0.242 e. The number of rotatable bonds is 6. The van der Waals surface area contributed by atoms with E-state index in [4.69, 9.17) is 10.5 Å². The van der Waals surface area contributed by atoms with Crippen molar-refractivity contribution < 1.29 is 14.4 Å². The van der Waals surface area contributed by atoms with E-state index in [2.05, 4.69) is 0 Å². The Morgan fingerprint density at radius 2 is 1.52 bits per heavy atom. The van der Waals surface area contributed by atoms with Crippen LogP contribution in [0.2, 0.25) is 0 Å². The van der Waals surface area contributed by atoms with Crippen LogP contribution in [-0.2, 0) is 14.4 Å². The van der Waals surface area contributed by atoms with Gasteiger partial charge < -0.3 is 4.90 Å². The first kappa shape index (κ1) is 17.0. The maximum atomic E-state index is 12.4. The molecular weight excluding hydrogens is 296 g/mol. The van der Waals surface area contributed by atoms with Crippen molar-refractivity contribution in [2.45, 2.75) is 38.5 Å². The van der Waals surface area contributed by atoms with E-state index in [1.165, 1.54) is 4.90 Å². The lowest BCUT2D eigenvalue weighted by Gasteiger charge is -2.23. The summed E-state index contributed by atoms with van der Waals surface area (Å²) in [5.74, 6) is -1.40. The minimum Gasteiger partial charge on any atom is -0.339 e. The van der Waals surface area contributed by atoms with E-state index in [1.54, 1.807) is 0 Å². The van der Waals surface area contributed by atoms with Gasteiger partial charge in [-0.3, -0.25) is 19.3 Å². The molecule has 2 rings (SSSR count). The van der Waals surface area contributed by atoms with Crippen LogP contribution in [0.1, 0.15) is 38.5 Å². The van der Waals surface area contributed by atoms with E-state index in [-0.39, 0.29) is 62.0 Å². The highest BCUT2D eigenvalue weighted by Gasteiger charge is 2.48. The zero-order valence-electron chi connectivity index (χ0n) is 13.0. The first-order chi connectivity index (χ1) is 11.1. The predicted octanol–water partition coefficient (Wildman–Crippen LogP) is 0.818. The summed E-state index contributed by atoms with van der Waals surface area (Å²) in [5.41, 5.74) is 0. The Balaban J connectivity index is 2.02. The van der Waals surface area contributed by atoms with Gasteiger partial charge in [0.25, 0.3) is 0 Å². The lowest BCUT2D eigenvalue weighted by molar-refractivity contribution is -0.146. The first-order valence-corrected chi connectivity index (χ1v) is 7.97. The molecule has 0 radical (unpaired) electrons. The number of carbonyl (C=O) groups excluding carboxylic acids is 3. The number of imide groups is 1. The predicted molar refractivity (Wildman–Crippen MR) is 79.2 cm³/mol. The molecule has 0 aromatic rings. The van der Waals surface area contributed by atoms with Gasteiger partial charge in [-0.15, -0.1) is 0 Å². The number of hydrogen-bond donors (Lipinski definition) is 0. The van der Waals surface area contributed by atoms with E-state index < -0.39 is 0 Å². The van der Waals surface area contributed by atoms with Crippen LogP contribution in [-0.4, -0.2) is 47.2 Å². The zero-order valence-corrected chi connectivity index (χ0v) is 13.0. The van der Waals surface area contributed by atoms with Gasteiger partial charge in [0.2, 0.25) is 17.7 Å². The molecule has 0 aromatic carbocycles. The second-order valence-corrected chi connectivity index (χ2v) is 5.96. The molecule has 1 saturated heterocycles. The van der Waals surface area contributed by atoms with Crippen molar-refractivity contribution in [3.05, 3.63) is 0 Å². The Kier molecular flexibility index (Phi) is 5.70. The molecule has 1 heterocycles. The van der Waals surface area contributed by atoms with Gasteiger partial charge in [0.05, 0.1) is 36.8 Å². The number of nitriles is 2. The summed E-state index contributed by atoms with van der Waals surface area (Å²) in [5, 5.41) is 17.3. The molecule has 122 valence electrons. The first-order valence-electron chi connectivity index (χ1n) is 7.97. The second kappa shape index (κ2) is 7.73. The van der Waals surface area contributed by atoms with Gasteiger partial charge in [0, 0.05) is 13.1 Å². The van der Waals surface area contributed by atoms with Crippen LogP contribution in [0.25, 0.3) is 0 Å². The van der Waals surface area contributed by atoms with Gasteiger partial charge in [-0.05, 0) is 12.8 Å². The van der Waals surface area contributed by atoms with Gasteiger partial charge in [-0.1, -0.05) is 12.8 Å². The third-order valence-electron chi connectivity index (χ3n) is 4.57. The molecule has 0 bridgehead atoms. The highest BCUT2D eigenvalue weighted by molar-refractivity contribution is 6.07. The number of likely N-dealkylation sites (tertiary alicyclic amines) is 1. The SMILES string of the molecule is N#CCCN(CCC#N)C(=O)CN1C(=O)C2CCCCC2C1=O. The largest absolute Gasteiger partial charge is 0.339 e. The summed E-state index contributed by atoms with van der Waals surface area (Å²) in [6.45, 7) is 0.141. The average molecular weight is 316 g/mol. The summed E-state index contributed by atoms with van der Waals surface area (Å²) in [4.78, 5) is 39.6.